The standard InChI is InChI=1S/C10H15N3O/c1-8-4-5-9(10(14)7-8)3-2-6-12-13-11/h5,8H,2-4,6-7H2,1H3/t8-/m1/s1. The SMILES string of the molecule is C[C@@H]1CC=C(CCCN=[N+]=[N-])C(=O)C1. The molecule has 4 nitrogen and oxygen atoms in total. The molecule has 1 aliphatic carbocycles. The molecule has 0 aromatic heterocycles. The maximum absolute atomic E-state index is 11.5. The molecular weight excluding hydrogens is 178 g/mol. The third-order valence-electron chi connectivity index (χ3n) is 2.43. The monoisotopic (exact) mass is 193 g/mol. The lowest BCUT2D eigenvalue weighted by atomic mass is 9.88. The minimum Gasteiger partial charge on any atom is -0.295 e. The van der Waals surface area contributed by atoms with Gasteiger partial charge in [0.25, 0.3) is 0 Å². The molecule has 4 heteroatoms. The number of rotatable bonds is 4. The second kappa shape index (κ2) is 5.45. The highest BCUT2D eigenvalue weighted by molar-refractivity contribution is 5.96. The molecule has 76 valence electrons. The van der Waals surface area contributed by atoms with E-state index in [-0.39, 0.29) is 5.78 Å². The molecule has 1 rings (SSSR count). The zero-order chi connectivity index (χ0) is 10.4. The molecule has 1 aliphatic rings. The number of nitrogens with zero attached hydrogens (tertiary/aromatic N) is 3. The van der Waals surface area contributed by atoms with E-state index in [1.54, 1.807) is 0 Å². The zero-order valence-electron chi connectivity index (χ0n) is 8.44. The fourth-order valence-electron chi connectivity index (χ4n) is 1.61. The van der Waals surface area contributed by atoms with Gasteiger partial charge in [0.05, 0.1) is 0 Å². The van der Waals surface area contributed by atoms with Gasteiger partial charge in [-0.3, -0.25) is 4.79 Å². The maximum atomic E-state index is 11.5. The average molecular weight is 193 g/mol. The van der Waals surface area contributed by atoms with Crippen molar-refractivity contribution in [1.82, 2.24) is 0 Å². The van der Waals surface area contributed by atoms with Crippen molar-refractivity contribution in [3.05, 3.63) is 22.1 Å². The number of Topliss-reactive ketones (excluding diaryl/α,β-unsaturated/α-hetero) is 1. The van der Waals surface area contributed by atoms with Gasteiger partial charge >= 0.3 is 0 Å². The third-order valence-corrected chi connectivity index (χ3v) is 2.43. The Morgan fingerprint density at radius 1 is 1.71 bits per heavy atom. The summed E-state index contributed by atoms with van der Waals surface area (Å²) < 4.78 is 0. The Morgan fingerprint density at radius 2 is 2.50 bits per heavy atom. The predicted molar refractivity (Wildman–Crippen MR) is 54.7 cm³/mol. The Hall–Kier alpha value is -1.28. The molecule has 0 saturated heterocycles. The summed E-state index contributed by atoms with van der Waals surface area (Å²) in [7, 11) is 0. The minimum absolute atomic E-state index is 0.268. The normalized spacial score (nSPS) is 21.4. The topological polar surface area (TPSA) is 65.8 Å². The number of hydrogen-bond donors (Lipinski definition) is 0. The summed E-state index contributed by atoms with van der Waals surface area (Å²) in [6.07, 6.45) is 5.24. The third kappa shape index (κ3) is 3.23. The Balaban J connectivity index is 2.37. The van der Waals surface area contributed by atoms with Crippen molar-refractivity contribution in [2.24, 2.45) is 11.0 Å². The fraction of sp³-hybridized carbons (Fsp3) is 0.700. The quantitative estimate of drug-likeness (QED) is 0.293. The van der Waals surface area contributed by atoms with Gasteiger partial charge < -0.3 is 0 Å². The first-order valence-electron chi connectivity index (χ1n) is 4.97. The van der Waals surface area contributed by atoms with Gasteiger partial charge in [0.2, 0.25) is 0 Å². The molecule has 0 amide bonds. The van der Waals surface area contributed by atoms with E-state index in [0.717, 1.165) is 24.8 Å². The van der Waals surface area contributed by atoms with Crippen LogP contribution in [0.25, 0.3) is 10.4 Å². The molecule has 0 unspecified atom stereocenters. The van der Waals surface area contributed by atoms with Gasteiger partial charge in [-0.25, -0.2) is 0 Å². The van der Waals surface area contributed by atoms with Crippen molar-refractivity contribution < 1.29 is 4.79 Å². The molecule has 1 atom stereocenters. The van der Waals surface area contributed by atoms with Crippen molar-refractivity contribution in [1.29, 1.82) is 0 Å². The van der Waals surface area contributed by atoms with Gasteiger partial charge in [-0.1, -0.05) is 18.1 Å². The van der Waals surface area contributed by atoms with Gasteiger partial charge in [0.1, 0.15) is 0 Å². The second-order valence-corrected chi connectivity index (χ2v) is 3.76. The summed E-state index contributed by atoms with van der Waals surface area (Å²) in [5.41, 5.74) is 8.99. The average Bonchev–Trinajstić information content (AvgIpc) is 2.15. The van der Waals surface area contributed by atoms with Crippen LogP contribution in [0.15, 0.2) is 16.8 Å². The van der Waals surface area contributed by atoms with Crippen molar-refractivity contribution >= 4 is 5.78 Å². The van der Waals surface area contributed by atoms with Crippen LogP contribution in [-0.4, -0.2) is 12.3 Å². The van der Waals surface area contributed by atoms with E-state index >= 15 is 0 Å². The van der Waals surface area contributed by atoms with Crippen LogP contribution < -0.4 is 0 Å². The van der Waals surface area contributed by atoms with E-state index in [0.29, 0.717) is 18.9 Å². The lowest BCUT2D eigenvalue weighted by Gasteiger charge is -2.16. The van der Waals surface area contributed by atoms with Crippen molar-refractivity contribution in [3.63, 3.8) is 0 Å². The van der Waals surface area contributed by atoms with Crippen LogP contribution in [-0.2, 0) is 4.79 Å². The Kier molecular flexibility index (Phi) is 4.20. The molecule has 0 saturated carbocycles. The van der Waals surface area contributed by atoms with E-state index in [1.165, 1.54) is 0 Å². The molecule has 0 heterocycles. The van der Waals surface area contributed by atoms with Gasteiger partial charge in [-0.2, -0.15) is 0 Å². The Morgan fingerprint density at radius 3 is 3.14 bits per heavy atom. The number of carbonyl (C=O) groups is 1. The largest absolute Gasteiger partial charge is 0.295 e. The van der Waals surface area contributed by atoms with E-state index in [1.807, 2.05) is 6.08 Å². The summed E-state index contributed by atoms with van der Waals surface area (Å²) in [5.74, 6) is 0.757. The van der Waals surface area contributed by atoms with Crippen molar-refractivity contribution in [3.8, 4) is 0 Å². The summed E-state index contributed by atoms with van der Waals surface area (Å²) in [5, 5.41) is 3.44. The molecule has 0 radical (unpaired) electrons. The van der Waals surface area contributed by atoms with Crippen LogP contribution in [0.2, 0.25) is 0 Å². The van der Waals surface area contributed by atoms with Gasteiger partial charge in [-0.15, -0.1) is 0 Å². The van der Waals surface area contributed by atoms with Crippen LogP contribution >= 0.6 is 0 Å². The summed E-state index contributed by atoms with van der Waals surface area (Å²) in [6.45, 7) is 2.57. The van der Waals surface area contributed by atoms with Gasteiger partial charge in [0.15, 0.2) is 5.78 Å². The molecule has 0 bridgehead atoms. The van der Waals surface area contributed by atoms with Crippen LogP contribution in [0.3, 0.4) is 0 Å². The lowest BCUT2D eigenvalue weighted by Crippen LogP contribution is -2.13. The Bertz CT molecular complexity index is 290. The number of azide groups is 1. The number of ketones is 1. The molecule has 0 aromatic carbocycles. The number of allylic oxidation sites excluding steroid dienone is 2. The van der Waals surface area contributed by atoms with E-state index in [2.05, 4.69) is 16.9 Å². The zero-order valence-corrected chi connectivity index (χ0v) is 8.44. The number of hydrogen-bond acceptors (Lipinski definition) is 2. The molecule has 0 N–H and O–H groups in total. The highest BCUT2D eigenvalue weighted by Gasteiger charge is 2.17. The molecule has 0 spiro atoms. The molecule has 0 aromatic rings. The summed E-state index contributed by atoms with van der Waals surface area (Å²) >= 11 is 0. The van der Waals surface area contributed by atoms with Crippen LogP contribution in [0.1, 0.15) is 32.6 Å². The van der Waals surface area contributed by atoms with Crippen LogP contribution in [0.4, 0.5) is 0 Å². The van der Waals surface area contributed by atoms with Crippen molar-refractivity contribution in [2.45, 2.75) is 32.6 Å². The summed E-state index contributed by atoms with van der Waals surface area (Å²) in [6, 6.07) is 0. The first-order valence-corrected chi connectivity index (χ1v) is 4.97. The maximum Gasteiger partial charge on any atom is 0.158 e. The highest BCUT2D eigenvalue weighted by Crippen LogP contribution is 2.22. The first-order chi connectivity index (χ1) is 6.74. The first kappa shape index (κ1) is 10.8. The fourth-order valence-corrected chi connectivity index (χ4v) is 1.61. The highest BCUT2D eigenvalue weighted by atomic mass is 16.1. The summed E-state index contributed by atoms with van der Waals surface area (Å²) in [4.78, 5) is 14.2. The smallest absolute Gasteiger partial charge is 0.158 e. The van der Waals surface area contributed by atoms with Crippen molar-refractivity contribution in [2.75, 3.05) is 6.54 Å². The molecule has 0 aliphatic heterocycles. The molecular formula is C10H15N3O. The second-order valence-electron chi connectivity index (χ2n) is 3.76. The lowest BCUT2D eigenvalue weighted by molar-refractivity contribution is -0.116. The predicted octanol–water partition coefficient (Wildman–Crippen LogP) is 3.00. The Labute approximate surface area is 83.6 Å². The van der Waals surface area contributed by atoms with E-state index < -0.39 is 0 Å². The van der Waals surface area contributed by atoms with E-state index in [9.17, 15) is 4.79 Å². The van der Waals surface area contributed by atoms with Crippen LogP contribution in [0.5, 0.6) is 0 Å². The molecule has 0 fully saturated rings. The van der Waals surface area contributed by atoms with Crippen LogP contribution in [0, 0.1) is 5.92 Å². The molecule has 14 heavy (non-hydrogen) atoms. The van der Waals surface area contributed by atoms with Gasteiger partial charge in [0, 0.05) is 17.9 Å². The van der Waals surface area contributed by atoms with Gasteiger partial charge in [-0.05, 0) is 36.3 Å². The minimum atomic E-state index is 0.268. The number of carbonyl (C=O) groups excluding carboxylic acids is 1. The van der Waals surface area contributed by atoms with E-state index in [4.69, 9.17) is 5.53 Å².